The van der Waals surface area contributed by atoms with Crippen LogP contribution < -0.4 is 9.46 Å². The number of nitrogens with zero attached hydrogens (tertiary/aromatic N) is 1. The number of rotatable bonds is 5. The third kappa shape index (κ3) is 4.49. The number of thiazole rings is 1. The molecule has 31 heavy (non-hydrogen) atoms. The van der Waals surface area contributed by atoms with E-state index in [-0.39, 0.29) is 5.69 Å². The second kappa shape index (κ2) is 7.86. The van der Waals surface area contributed by atoms with E-state index in [4.69, 9.17) is 4.74 Å². The number of hydrogen-bond acceptors (Lipinski definition) is 5. The Morgan fingerprint density at radius 1 is 1.00 bits per heavy atom. The lowest BCUT2D eigenvalue weighted by Gasteiger charge is -2.11. The highest BCUT2D eigenvalue weighted by Gasteiger charge is 2.31. The van der Waals surface area contributed by atoms with Crippen molar-refractivity contribution in [3.63, 3.8) is 0 Å². The second-order valence-electron chi connectivity index (χ2n) is 6.56. The molecule has 0 atom stereocenters. The van der Waals surface area contributed by atoms with Gasteiger partial charge in [-0.05, 0) is 60.7 Å². The Hall–Kier alpha value is -3.11. The fourth-order valence-corrected chi connectivity index (χ4v) is 4.99. The highest BCUT2D eigenvalue weighted by Crippen LogP contribution is 2.33. The van der Waals surface area contributed by atoms with Crippen molar-refractivity contribution < 1.29 is 26.3 Å². The van der Waals surface area contributed by atoms with Crippen molar-refractivity contribution in [2.45, 2.75) is 11.1 Å². The number of alkyl halides is 3. The Labute approximate surface area is 180 Å². The van der Waals surface area contributed by atoms with Gasteiger partial charge in [0.15, 0.2) is 0 Å². The number of fused-ring (bicyclic) bond motifs is 1. The standard InChI is InChI=1S/C21H15F3N2O3S2/c1-29-16-9-10-18-19(12-16)30-20(25-18)13-5-7-15(8-6-13)26-31(27,28)17-4-2-3-14(11-17)21(22,23)24/h2-12,26H,1H3. The van der Waals surface area contributed by atoms with E-state index in [9.17, 15) is 21.6 Å². The van der Waals surface area contributed by atoms with Gasteiger partial charge in [0.2, 0.25) is 0 Å². The van der Waals surface area contributed by atoms with Crippen LogP contribution in [-0.4, -0.2) is 20.5 Å². The van der Waals surface area contributed by atoms with Gasteiger partial charge in [-0.15, -0.1) is 11.3 Å². The molecule has 0 aliphatic heterocycles. The average molecular weight is 464 g/mol. The number of nitrogens with one attached hydrogen (secondary N) is 1. The topological polar surface area (TPSA) is 68.3 Å². The molecule has 0 spiro atoms. The van der Waals surface area contributed by atoms with E-state index < -0.39 is 26.7 Å². The molecule has 0 saturated heterocycles. The molecule has 0 saturated carbocycles. The van der Waals surface area contributed by atoms with Gasteiger partial charge in [-0.25, -0.2) is 13.4 Å². The maximum absolute atomic E-state index is 12.9. The minimum Gasteiger partial charge on any atom is -0.497 e. The lowest BCUT2D eigenvalue weighted by Crippen LogP contribution is -2.14. The second-order valence-corrected chi connectivity index (χ2v) is 9.27. The van der Waals surface area contributed by atoms with Gasteiger partial charge in [0.25, 0.3) is 10.0 Å². The molecule has 1 N–H and O–H groups in total. The van der Waals surface area contributed by atoms with E-state index in [0.717, 1.165) is 44.7 Å². The summed E-state index contributed by atoms with van der Waals surface area (Å²) in [5.74, 6) is 0.724. The van der Waals surface area contributed by atoms with E-state index in [2.05, 4.69) is 9.71 Å². The fraction of sp³-hybridized carbons (Fsp3) is 0.0952. The van der Waals surface area contributed by atoms with Crippen LogP contribution in [0.2, 0.25) is 0 Å². The van der Waals surface area contributed by atoms with Crippen LogP contribution in [0.5, 0.6) is 5.75 Å². The summed E-state index contributed by atoms with van der Waals surface area (Å²) in [5, 5.41) is 0.746. The fourth-order valence-electron chi connectivity index (χ4n) is 2.89. The van der Waals surface area contributed by atoms with Gasteiger partial charge in [0, 0.05) is 11.3 Å². The highest BCUT2D eigenvalue weighted by atomic mass is 32.2. The molecule has 4 aromatic rings. The minimum atomic E-state index is -4.63. The van der Waals surface area contributed by atoms with Gasteiger partial charge in [0.1, 0.15) is 10.8 Å². The number of ether oxygens (including phenoxy) is 1. The molecule has 0 radical (unpaired) electrons. The summed E-state index contributed by atoms with van der Waals surface area (Å²) < 4.78 is 72.1. The third-order valence-electron chi connectivity index (χ3n) is 4.45. The Morgan fingerprint density at radius 2 is 1.74 bits per heavy atom. The molecule has 1 aromatic heterocycles. The molecule has 5 nitrogen and oxygen atoms in total. The van der Waals surface area contributed by atoms with Crippen LogP contribution in [-0.2, 0) is 16.2 Å². The number of hydrogen-bond donors (Lipinski definition) is 1. The van der Waals surface area contributed by atoms with Gasteiger partial charge in [0.05, 0.1) is 27.8 Å². The summed E-state index contributed by atoms with van der Waals surface area (Å²) in [7, 11) is -2.59. The van der Waals surface area contributed by atoms with E-state index in [0.29, 0.717) is 6.07 Å². The molecule has 0 fully saturated rings. The summed E-state index contributed by atoms with van der Waals surface area (Å²) in [6, 6.07) is 15.6. The zero-order valence-corrected chi connectivity index (χ0v) is 17.6. The summed E-state index contributed by atoms with van der Waals surface area (Å²) in [5.41, 5.74) is 0.791. The van der Waals surface area contributed by atoms with Crippen molar-refractivity contribution in [1.82, 2.24) is 4.98 Å². The van der Waals surface area contributed by atoms with Crippen LogP contribution in [0.1, 0.15) is 5.56 Å². The molecule has 1 heterocycles. The summed E-state index contributed by atoms with van der Waals surface area (Å²) in [6.07, 6.45) is -4.63. The molecular formula is C21H15F3N2O3S2. The van der Waals surface area contributed by atoms with Crippen molar-refractivity contribution >= 4 is 37.3 Å². The number of anilines is 1. The Kier molecular flexibility index (Phi) is 5.36. The number of sulfonamides is 1. The first-order valence-corrected chi connectivity index (χ1v) is 11.2. The highest BCUT2D eigenvalue weighted by molar-refractivity contribution is 7.92. The molecule has 3 aromatic carbocycles. The maximum Gasteiger partial charge on any atom is 0.416 e. The SMILES string of the molecule is COc1ccc2nc(-c3ccc(NS(=O)(=O)c4cccc(C(F)(F)F)c4)cc3)sc2c1. The van der Waals surface area contributed by atoms with Gasteiger partial charge in [-0.2, -0.15) is 13.2 Å². The smallest absolute Gasteiger partial charge is 0.416 e. The van der Waals surface area contributed by atoms with Crippen LogP contribution >= 0.6 is 11.3 Å². The molecule has 160 valence electrons. The van der Waals surface area contributed by atoms with Crippen molar-refractivity contribution in [2.24, 2.45) is 0 Å². The van der Waals surface area contributed by atoms with E-state index in [1.165, 1.54) is 23.5 Å². The van der Waals surface area contributed by atoms with Crippen molar-refractivity contribution in [1.29, 1.82) is 0 Å². The van der Waals surface area contributed by atoms with E-state index in [1.807, 2.05) is 18.2 Å². The predicted molar refractivity (Wildman–Crippen MR) is 114 cm³/mol. The summed E-state index contributed by atoms with van der Waals surface area (Å²) in [6.45, 7) is 0. The number of halogens is 3. The maximum atomic E-state index is 12.9. The Balaban J connectivity index is 1.57. The molecule has 4 rings (SSSR count). The van der Waals surface area contributed by atoms with Crippen LogP contribution in [0, 0.1) is 0 Å². The lowest BCUT2D eigenvalue weighted by molar-refractivity contribution is -0.137. The zero-order chi connectivity index (χ0) is 22.2. The minimum absolute atomic E-state index is 0.226. The Morgan fingerprint density at radius 3 is 2.42 bits per heavy atom. The number of benzene rings is 3. The molecule has 0 amide bonds. The summed E-state index contributed by atoms with van der Waals surface area (Å²) in [4.78, 5) is 4.09. The first-order chi connectivity index (χ1) is 14.7. The quantitative estimate of drug-likeness (QED) is 0.406. The van der Waals surface area contributed by atoms with Gasteiger partial charge in [-0.1, -0.05) is 6.07 Å². The van der Waals surface area contributed by atoms with E-state index >= 15 is 0 Å². The van der Waals surface area contributed by atoms with Gasteiger partial charge >= 0.3 is 6.18 Å². The van der Waals surface area contributed by atoms with Crippen LogP contribution in [0.3, 0.4) is 0 Å². The molecule has 0 aliphatic carbocycles. The first kappa shape index (κ1) is 21.1. The normalized spacial score (nSPS) is 12.1. The zero-order valence-electron chi connectivity index (χ0n) is 16.0. The largest absolute Gasteiger partial charge is 0.497 e. The molecular weight excluding hydrogens is 449 g/mol. The number of methoxy groups -OCH3 is 1. The van der Waals surface area contributed by atoms with Crippen molar-refractivity contribution in [3.8, 4) is 16.3 Å². The number of aromatic nitrogens is 1. The summed E-state index contributed by atoms with van der Waals surface area (Å²) >= 11 is 1.46. The van der Waals surface area contributed by atoms with Gasteiger partial charge < -0.3 is 4.74 Å². The average Bonchev–Trinajstić information content (AvgIpc) is 3.16. The van der Waals surface area contributed by atoms with Gasteiger partial charge in [-0.3, -0.25) is 4.72 Å². The molecule has 0 bridgehead atoms. The van der Waals surface area contributed by atoms with Crippen LogP contribution in [0.4, 0.5) is 18.9 Å². The van der Waals surface area contributed by atoms with Crippen molar-refractivity contribution in [3.05, 3.63) is 72.3 Å². The van der Waals surface area contributed by atoms with E-state index in [1.54, 1.807) is 19.2 Å². The van der Waals surface area contributed by atoms with Crippen LogP contribution in [0.25, 0.3) is 20.8 Å². The monoisotopic (exact) mass is 464 g/mol. The van der Waals surface area contributed by atoms with Crippen molar-refractivity contribution in [2.75, 3.05) is 11.8 Å². The predicted octanol–water partition coefficient (Wildman–Crippen LogP) is 5.79. The first-order valence-electron chi connectivity index (χ1n) is 8.91. The third-order valence-corrected chi connectivity index (χ3v) is 6.90. The molecule has 0 aliphatic rings. The lowest BCUT2D eigenvalue weighted by atomic mass is 10.2. The van der Waals surface area contributed by atoms with Crippen LogP contribution in [0.15, 0.2) is 71.6 Å². The molecule has 10 heteroatoms. The molecule has 0 unspecified atom stereocenters. The Bertz CT molecular complexity index is 1350.